The van der Waals surface area contributed by atoms with Crippen LogP contribution in [0.15, 0.2) is 29.4 Å². The zero-order valence-corrected chi connectivity index (χ0v) is 7.45. The highest BCUT2D eigenvalue weighted by molar-refractivity contribution is 7.89. The summed E-state index contributed by atoms with van der Waals surface area (Å²) in [5.74, 6) is 0. The maximum absolute atomic E-state index is 11.3. The van der Waals surface area contributed by atoms with Crippen LogP contribution < -0.4 is 4.72 Å². The van der Waals surface area contributed by atoms with E-state index in [0.29, 0.717) is 0 Å². The number of nitrogens with zero attached hydrogens (tertiary/aromatic N) is 2. The molecule has 5 nitrogen and oxygen atoms in total. The van der Waals surface area contributed by atoms with Crippen molar-refractivity contribution in [3.63, 3.8) is 0 Å². The molecule has 0 amide bonds. The number of pyridine rings is 1. The Bertz CT molecular complexity index is 407. The first-order valence-corrected chi connectivity index (χ1v) is 4.92. The van der Waals surface area contributed by atoms with Crippen molar-refractivity contribution in [2.75, 3.05) is 6.54 Å². The molecule has 0 radical (unpaired) electrons. The molecule has 0 saturated heterocycles. The van der Waals surface area contributed by atoms with Gasteiger partial charge in [-0.25, -0.2) is 8.42 Å². The van der Waals surface area contributed by atoms with E-state index in [4.69, 9.17) is 5.26 Å². The van der Waals surface area contributed by atoms with E-state index in [0.717, 1.165) is 0 Å². The van der Waals surface area contributed by atoms with Crippen molar-refractivity contribution in [3.8, 4) is 6.07 Å². The van der Waals surface area contributed by atoms with E-state index >= 15 is 0 Å². The number of aromatic nitrogens is 1. The molecular weight excluding hydrogens is 190 g/mol. The molecule has 1 N–H and O–H groups in total. The predicted octanol–water partition coefficient (Wildman–Crippen LogP) is -0.117. The minimum absolute atomic E-state index is 0.0604. The molecule has 6 heteroatoms. The molecule has 0 saturated carbocycles. The molecule has 0 aliphatic rings. The van der Waals surface area contributed by atoms with Crippen LogP contribution in [0.3, 0.4) is 0 Å². The molecule has 1 aromatic rings. The quantitative estimate of drug-likeness (QED) is 0.685. The van der Waals surface area contributed by atoms with Crippen molar-refractivity contribution in [3.05, 3.63) is 24.5 Å². The van der Waals surface area contributed by atoms with Crippen molar-refractivity contribution in [1.82, 2.24) is 9.71 Å². The highest BCUT2D eigenvalue weighted by Crippen LogP contribution is 2.03. The van der Waals surface area contributed by atoms with Crippen LogP contribution in [0.2, 0.25) is 0 Å². The number of rotatable bonds is 3. The summed E-state index contributed by atoms with van der Waals surface area (Å²) in [7, 11) is -3.56. The number of nitrogens with one attached hydrogen (secondary N) is 1. The maximum Gasteiger partial charge on any atom is 0.243 e. The summed E-state index contributed by atoms with van der Waals surface area (Å²) >= 11 is 0. The standard InChI is InChI=1S/C7H7N3O2S/c8-3-5-10-13(11,12)7-2-1-4-9-6-7/h1-2,4,6,10H,5H2. The minimum atomic E-state index is -3.56. The van der Waals surface area contributed by atoms with E-state index in [1.54, 1.807) is 6.07 Å². The first-order chi connectivity index (χ1) is 6.17. The van der Waals surface area contributed by atoms with Crippen LogP contribution in [0.4, 0.5) is 0 Å². The van der Waals surface area contributed by atoms with Crippen LogP contribution in [0.1, 0.15) is 0 Å². The molecule has 0 atom stereocenters. The Kier molecular flexibility index (Phi) is 2.95. The van der Waals surface area contributed by atoms with Crippen molar-refractivity contribution >= 4 is 10.0 Å². The Morgan fingerprint density at radius 2 is 2.38 bits per heavy atom. The van der Waals surface area contributed by atoms with Gasteiger partial charge in [0, 0.05) is 12.4 Å². The van der Waals surface area contributed by atoms with Gasteiger partial charge in [0.25, 0.3) is 0 Å². The summed E-state index contributed by atoms with van der Waals surface area (Å²) in [6.07, 6.45) is 2.70. The van der Waals surface area contributed by atoms with Crippen molar-refractivity contribution in [2.45, 2.75) is 4.90 Å². The number of hydrogen-bond acceptors (Lipinski definition) is 4. The second-order valence-corrected chi connectivity index (χ2v) is 3.94. The van der Waals surface area contributed by atoms with Gasteiger partial charge in [-0.05, 0) is 12.1 Å². The topological polar surface area (TPSA) is 82.9 Å². The molecule has 1 rings (SSSR count). The normalized spacial score (nSPS) is 10.7. The van der Waals surface area contributed by atoms with E-state index in [1.165, 1.54) is 24.5 Å². The lowest BCUT2D eigenvalue weighted by atomic mass is 10.5. The second kappa shape index (κ2) is 3.98. The third-order valence-corrected chi connectivity index (χ3v) is 2.67. The van der Waals surface area contributed by atoms with E-state index in [9.17, 15) is 8.42 Å². The van der Waals surface area contributed by atoms with Gasteiger partial charge in [0.15, 0.2) is 0 Å². The summed E-state index contributed by atoms with van der Waals surface area (Å²) in [5.41, 5.74) is 0. The molecular formula is C7H7N3O2S. The van der Waals surface area contributed by atoms with Gasteiger partial charge in [-0.1, -0.05) is 0 Å². The third-order valence-electron chi connectivity index (χ3n) is 1.29. The first kappa shape index (κ1) is 9.64. The molecule has 0 aliphatic heterocycles. The maximum atomic E-state index is 11.3. The summed E-state index contributed by atoms with van der Waals surface area (Å²) in [6, 6.07) is 4.61. The Balaban J connectivity index is 2.90. The monoisotopic (exact) mass is 197 g/mol. The highest BCUT2D eigenvalue weighted by atomic mass is 32.2. The van der Waals surface area contributed by atoms with Gasteiger partial charge in [0.05, 0.1) is 12.6 Å². The van der Waals surface area contributed by atoms with E-state index in [1.807, 2.05) is 0 Å². The van der Waals surface area contributed by atoms with Gasteiger partial charge >= 0.3 is 0 Å². The molecule has 0 aromatic carbocycles. The van der Waals surface area contributed by atoms with Crippen LogP contribution in [0.5, 0.6) is 0 Å². The molecule has 0 spiro atoms. The van der Waals surface area contributed by atoms with Crippen LogP contribution >= 0.6 is 0 Å². The smallest absolute Gasteiger partial charge is 0.243 e. The molecule has 1 aromatic heterocycles. The largest absolute Gasteiger partial charge is 0.263 e. The van der Waals surface area contributed by atoms with Gasteiger partial charge in [0.1, 0.15) is 4.90 Å². The minimum Gasteiger partial charge on any atom is -0.263 e. The van der Waals surface area contributed by atoms with Crippen molar-refractivity contribution in [1.29, 1.82) is 5.26 Å². The van der Waals surface area contributed by atoms with Crippen molar-refractivity contribution < 1.29 is 8.42 Å². The predicted molar refractivity (Wildman–Crippen MR) is 45.0 cm³/mol. The molecule has 0 unspecified atom stereocenters. The fourth-order valence-corrected chi connectivity index (χ4v) is 1.60. The van der Waals surface area contributed by atoms with E-state index in [-0.39, 0.29) is 11.4 Å². The molecule has 0 aliphatic carbocycles. The summed E-state index contributed by atoms with van der Waals surface area (Å²) in [5, 5.41) is 8.18. The average Bonchev–Trinajstić information content (AvgIpc) is 2.16. The van der Waals surface area contributed by atoms with E-state index in [2.05, 4.69) is 9.71 Å². The molecule has 0 fully saturated rings. The van der Waals surface area contributed by atoms with Crippen LogP contribution in [0.25, 0.3) is 0 Å². The molecule has 1 heterocycles. The lowest BCUT2D eigenvalue weighted by molar-refractivity contribution is 0.585. The number of nitriles is 1. The number of sulfonamides is 1. The Morgan fingerprint density at radius 1 is 1.62 bits per heavy atom. The summed E-state index contributed by atoms with van der Waals surface area (Å²) < 4.78 is 24.7. The number of hydrogen-bond donors (Lipinski definition) is 1. The zero-order valence-electron chi connectivity index (χ0n) is 6.64. The average molecular weight is 197 g/mol. The third kappa shape index (κ3) is 2.50. The van der Waals surface area contributed by atoms with E-state index < -0.39 is 10.0 Å². The van der Waals surface area contributed by atoms with Crippen molar-refractivity contribution in [2.24, 2.45) is 0 Å². The molecule has 68 valence electrons. The fraction of sp³-hybridized carbons (Fsp3) is 0.143. The lowest BCUT2D eigenvalue weighted by Gasteiger charge is -2.00. The van der Waals surface area contributed by atoms with Gasteiger partial charge in [-0.3, -0.25) is 4.98 Å². The Hall–Kier alpha value is -1.45. The highest BCUT2D eigenvalue weighted by Gasteiger charge is 2.11. The van der Waals surface area contributed by atoms with Gasteiger partial charge < -0.3 is 0 Å². The van der Waals surface area contributed by atoms with Crippen LogP contribution in [-0.2, 0) is 10.0 Å². The summed E-state index contributed by atoms with van der Waals surface area (Å²) in [6.45, 7) is -0.239. The van der Waals surface area contributed by atoms with Gasteiger partial charge in [0.2, 0.25) is 10.0 Å². The second-order valence-electron chi connectivity index (χ2n) is 2.17. The molecule has 0 bridgehead atoms. The Morgan fingerprint density at radius 3 is 2.92 bits per heavy atom. The summed E-state index contributed by atoms with van der Waals surface area (Å²) in [4.78, 5) is 3.72. The zero-order chi connectivity index (χ0) is 9.73. The lowest BCUT2D eigenvalue weighted by Crippen LogP contribution is -2.23. The van der Waals surface area contributed by atoms with Gasteiger partial charge in [-0.15, -0.1) is 0 Å². The van der Waals surface area contributed by atoms with Crippen LogP contribution in [0, 0.1) is 11.3 Å². The molecule has 13 heavy (non-hydrogen) atoms. The first-order valence-electron chi connectivity index (χ1n) is 3.43. The fourth-order valence-electron chi connectivity index (χ4n) is 0.717. The Labute approximate surface area is 76.1 Å². The van der Waals surface area contributed by atoms with Crippen LogP contribution in [-0.4, -0.2) is 19.9 Å². The SMILES string of the molecule is N#CCNS(=O)(=O)c1cccnc1. The van der Waals surface area contributed by atoms with Gasteiger partial charge in [-0.2, -0.15) is 9.98 Å².